The third kappa shape index (κ3) is 3.21. The van der Waals surface area contributed by atoms with E-state index in [1.165, 1.54) is 10.4 Å². The Labute approximate surface area is 169 Å². The highest BCUT2D eigenvalue weighted by Crippen LogP contribution is 2.48. The molecule has 1 aliphatic carbocycles. The van der Waals surface area contributed by atoms with Crippen LogP contribution in [0, 0.1) is 0 Å². The Morgan fingerprint density at radius 1 is 1.04 bits per heavy atom. The van der Waals surface area contributed by atoms with Crippen LogP contribution in [0.5, 0.6) is 17.2 Å². The van der Waals surface area contributed by atoms with Crippen LogP contribution in [0.2, 0.25) is 0 Å². The second kappa shape index (κ2) is 7.32. The van der Waals surface area contributed by atoms with E-state index in [-0.39, 0.29) is 0 Å². The van der Waals surface area contributed by atoms with Crippen molar-refractivity contribution in [2.24, 2.45) is 4.99 Å². The van der Waals surface area contributed by atoms with Crippen LogP contribution in [0.3, 0.4) is 0 Å². The molecule has 4 rings (SSSR count). The van der Waals surface area contributed by atoms with Gasteiger partial charge in [-0.25, -0.2) is 9.98 Å². The number of rotatable bonds is 5. The van der Waals surface area contributed by atoms with E-state index < -0.39 is 0 Å². The normalized spacial score (nSPS) is 12.1. The molecule has 0 bridgehead atoms. The first-order chi connectivity index (χ1) is 13.1. The standard InChI is InChI=1S/C20H17BrN2O3S/c1-24-14-6-4-11(8-16(14)26-3)10-22-20-23-19-17(27-20)9-12-13(21)5-7-15(25-2)18(12)19/h4-8,10H,9H2,1-3H3. The molecule has 0 N–H and O–H groups in total. The minimum Gasteiger partial charge on any atom is -0.496 e. The lowest BCUT2D eigenvalue weighted by atomic mass is 10.1. The zero-order chi connectivity index (χ0) is 19.0. The number of halogens is 1. The summed E-state index contributed by atoms with van der Waals surface area (Å²) in [5.41, 5.74) is 4.17. The third-order valence-corrected chi connectivity index (χ3v) is 6.14. The van der Waals surface area contributed by atoms with E-state index in [0.29, 0.717) is 11.5 Å². The lowest BCUT2D eigenvalue weighted by molar-refractivity contribution is 0.355. The van der Waals surface area contributed by atoms with Crippen LogP contribution < -0.4 is 14.2 Å². The van der Waals surface area contributed by atoms with Crippen LogP contribution in [0.15, 0.2) is 39.8 Å². The summed E-state index contributed by atoms with van der Waals surface area (Å²) in [6.45, 7) is 0. The fourth-order valence-electron chi connectivity index (χ4n) is 3.14. The molecule has 1 heterocycles. The lowest BCUT2D eigenvalue weighted by Gasteiger charge is -2.08. The summed E-state index contributed by atoms with van der Waals surface area (Å²) in [4.78, 5) is 10.5. The number of nitrogens with zero attached hydrogens (tertiary/aromatic N) is 2. The Hall–Kier alpha value is -2.38. The van der Waals surface area contributed by atoms with E-state index in [1.54, 1.807) is 38.9 Å². The van der Waals surface area contributed by atoms with Crippen molar-refractivity contribution in [1.29, 1.82) is 0 Å². The van der Waals surface area contributed by atoms with E-state index in [2.05, 4.69) is 20.9 Å². The van der Waals surface area contributed by atoms with Gasteiger partial charge in [0.25, 0.3) is 0 Å². The van der Waals surface area contributed by atoms with E-state index in [9.17, 15) is 0 Å². The van der Waals surface area contributed by atoms with Crippen molar-refractivity contribution in [3.63, 3.8) is 0 Å². The minimum atomic E-state index is 0.673. The van der Waals surface area contributed by atoms with Crippen molar-refractivity contribution in [3.05, 3.63) is 50.8 Å². The summed E-state index contributed by atoms with van der Waals surface area (Å²) in [5.74, 6) is 2.21. The molecule has 5 nitrogen and oxygen atoms in total. The average molecular weight is 445 g/mol. The zero-order valence-electron chi connectivity index (χ0n) is 15.1. The van der Waals surface area contributed by atoms with Gasteiger partial charge in [-0.15, -0.1) is 0 Å². The molecule has 1 aliphatic rings. The number of ether oxygens (including phenoxy) is 3. The predicted octanol–water partition coefficient (Wildman–Crippen LogP) is 5.25. The summed E-state index contributed by atoms with van der Waals surface area (Å²) in [6.07, 6.45) is 2.63. The highest BCUT2D eigenvalue weighted by Gasteiger charge is 2.28. The fourth-order valence-corrected chi connectivity index (χ4v) is 4.53. The number of aliphatic imine (C=N–C) groups is 1. The monoisotopic (exact) mass is 444 g/mol. The lowest BCUT2D eigenvalue weighted by Crippen LogP contribution is -1.92. The molecule has 0 radical (unpaired) electrons. The Morgan fingerprint density at radius 2 is 1.78 bits per heavy atom. The molecule has 138 valence electrons. The van der Waals surface area contributed by atoms with Gasteiger partial charge in [0.2, 0.25) is 5.13 Å². The number of benzene rings is 2. The van der Waals surface area contributed by atoms with Gasteiger partial charge in [-0.05, 0) is 41.5 Å². The van der Waals surface area contributed by atoms with Gasteiger partial charge in [-0.3, -0.25) is 0 Å². The summed E-state index contributed by atoms with van der Waals surface area (Å²) >= 11 is 5.23. The number of thiazole rings is 1. The van der Waals surface area contributed by atoms with E-state index in [0.717, 1.165) is 38.6 Å². The van der Waals surface area contributed by atoms with Gasteiger partial charge in [-0.2, -0.15) is 0 Å². The van der Waals surface area contributed by atoms with Crippen molar-refractivity contribution in [3.8, 4) is 28.5 Å². The quantitative estimate of drug-likeness (QED) is 0.394. The molecule has 0 saturated heterocycles. The molecule has 1 aromatic heterocycles. The van der Waals surface area contributed by atoms with Crippen LogP contribution in [-0.2, 0) is 6.42 Å². The maximum absolute atomic E-state index is 5.53. The number of methoxy groups -OCH3 is 3. The van der Waals surface area contributed by atoms with Crippen LogP contribution in [0.4, 0.5) is 5.13 Å². The Morgan fingerprint density at radius 3 is 2.52 bits per heavy atom. The summed E-state index contributed by atoms with van der Waals surface area (Å²) < 4.78 is 17.2. The number of aromatic nitrogens is 1. The van der Waals surface area contributed by atoms with E-state index in [4.69, 9.17) is 19.2 Å². The topological polar surface area (TPSA) is 52.9 Å². The molecule has 0 unspecified atom stereocenters. The molecule has 3 aromatic rings. The van der Waals surface area contributed by atoms with Crippen molar-refractivity contribution >= 4 is 38.6 Å². The Kier molecular flexibility index (Phi) is 4.88. The molecule has 0 spiro atoms. The van der Waals surface area contributed by atoms with Crippen molar-refractivity contribution in [2.75, 3.05) is 21.3 Å². The van der Waals surface area contributed by atoms with Crippen molar-refractivity contribution in [2.45, 2.75) is 6.42 Å². The summed E-state index contributed by atoms with van der Waals surface area (Å²) in [6, 6.07) is 9.66. The van der Waals surface area contributed by atoms with Gasteiger partial charge in [0, 0.05) is 27.5 Å². The van der Waals surface area contributed by atoms with Gasteiger partial charge in [0.1, 0.15) is 5.75 Å². The number of hydrogen-bond donors (Lipinski definition) is 0. The SMILES string of the molecule is COc1ccc(C=Nc2nc3c(s2)Cc2c(Br)ccc(OC)c2-3)cc1OC. The van der Waals surface area contributed by atoms with Gasteiger partial charge in [-0.1, -0.05) is 27.3 Å². The van der Waals surface area contributed by atoms with Gasteiger partial charge in [0.05, 0.1) is 27.0 Å². The summed E-state index contributed by atoms with van der Waals surface area (Å²) in [7, 11) is 4.92. The first-order valence-electron chi connectivity index (χ1n) is 8.26. The van der Waals surface area contributed by atoms with Crippen molar-refractivity contribution in [1.82, 2.24) is 4.98 Å². The van der Waals surface area contributed by atoms with E-state index >= 15 is 0 Å². The smallest absolute Gasteiger partial charge is 0.209 e. The number of hydrogen-bond acceptors (Lipinski definition) is 6. The third-order valence-electron chi connectivity index (χ3n) is 4.43. The first kappa shape index (κ1) is 18.0. The maximum Gasteiger partial charge on any atom is 0.209 e. The molecule has 27 heavy (non-hydrogen) atoms. The second-order valence-corrected chi connectivity index (χ2v) is 7.84. The summed E-state index contributed by atoms with van der Waals surface area (Å²) in [5, 5.41) is 0.725. The molecule has 0 atom stereocenters. The molecule has 0 aliphatic heterocycles. The first-order valence-corrected chi connectivity index (χ1v) is 9.87. The molecule has 7 heteroatoms. The highest BCUT2D eigenvalue weighted by atomic mass is 79.9. The van der Waals surface area contributed by atoms with Gasteiger partial charge >= 0.3 is 0 Å². The van der Waals surface area contributed by atoms with E-state index in [1.807, 2.05) is 30.3 Å². The minimum absolute atomic E-state index is 0.673. The molecule has 0 saturated carbocycles. The van der Waals surface area contributed by atoms with Crippen molar-refractivity contribution < 1.29 is 14.2 Å². The maximum atomic E-state index is 5.53. The second-order valence-electron chi connectivity index (χ2n) is 5.92. The molecule has 0 amide bonds. The molecule has 0 fully saturated rings. The molecule has 2 aromatic carbocycles. The number of fused-ring (bicyclic) bond motifs is 3. The van der Waals surface area contributed by atoms with Crippen LogP contribution >= 0.6 is 27.3 Å². The van der Waals surface area contributed by atoms with Gasteiger partial charge < -0.3 is 14.2 Å². The highest BCUT2D eigenvalue weighted by molar-refractivity contribution is 9.10. The molecular formula is C20H17BrN2O3S. The van der Waals surface area contributed by atoms with Gasteiger partial charge in [0.15, 0.2) is 11.5 Å². The van der Waals surface area contributed by atoms with Crippen LogP contribution in [0.25, 0.3) is 11.3 Å². The largest absolute Gasteiger partial charge is 0.496 e. The Bertz CT molecular complexity index is 1050. The fraction of sp³-hybridized carbons (Fsp3) is 0.200. The predicted molar refractivity (Wildman–Crippen MR) is 111 cm³/mol. The average Bonchev–Trinajstić information content (AvgIpc) is 3.25. The Balaban J connectivity index is 1.65. The zero-order valence-corrected chi connectivity index (χ0v) is 17.5. The molecular weight excluding hydrogens is 428 g/mol. The van der Waals surface area contributed by atoms with Crippen LogP contribution in [0.1, 0.15) is 16.0 Å². The van der Waals surface area contributed by atoms with Crippen LogP contribution in [-0.4, -0.2) is 32.5 Å².